The molecule has 1 atom stereocenters. The first-order valence-corrected chi connectivity index (χ1v) is 8.36. The number of hydrogen-bond donors (Lipinski definition) is 0. The van der Waals surface area contributed by atoms with Crippen LogP contribution in [0.4, 0.5) is 0 Å². The average Bonchev–Trinajstić information content (AvgIpc) is 2.93. The van der Waals surface area contributed by atoms with Crippen LogP contribution in [0.1, 0.15) is 12.8 Å². The van der Waals surface area contributed by atoms with Gasteiger partial charge in [-0.3, -0.25) is 4.57 Å². The topological polar surface area (TPSA) is 27.1 Å². The molecule has 6 heteroatoms. The number of hydrogen-bond acceptors (Lipinski definition) is 2. The van der Waals surface area contributed by atoms with Crippen LogP contribution in [-0.2, 0) is 6.54 Å². The molecule has 3 radical (unpaired) electrons. The fourth-order valence-corrected chi connectivity index (χ4v) is 4.86. The molecule has 4 aliphatic rings. The lowest BCUT2D eigenvalue weighted by molar-refractivity contribution is -0.845. The zero-order chi connectivity index (χ0) is 14.2. The second kappa shape index (κ2) is 3.85. The lowest BCUT2D eigenvalue weighted by Gasteiger charge is -2.64. The Labute approximate surface area is 133 Å². The Bertz CT molecular complexity index is 753. The number of nitrogens with zero attached hydrogens (tertiary/aromatic N) is 3. The smallest absolute Gasteiger partial charge is 0.298 e. The Balaban J connectivity index is 1.60. The van der Waals surface area contributed by atoms with Gasteiger partial charge in [0.05, 0.1) is 24.1 Å². The summed E-state index contributed by atoms with van der Waals surface area (Å²) < 4.78 is 10.4. The quantitative estimate of drug-likeness (QED) is 0.685. The molecule has 1 spiro atoms. The zero-order valence-electron chi connectivity index (χ0n) is 11.8. The van der Waals surface area contributed by atoms with Crippen LogP contribution < -0.4 is 4.74 Å². The van der Waals surface area contributed by atoms with E-state index in [1.165, 1.54) is 12.8 Å². The van der Waals surface area contributed by atoms with E-state index in [1.807, 2.05) is 12.1 Å². The first kappa shape index (κ1) is 12.5. The molecule has 3 saturated heterocycles. The minimum absolute atomic E-state index is 0.135. The van der Waals surface area contributed by atoms with Crippen LogP contribution in [0.15, 0.2) is 22.7 Å². The van der Waals surface area contributed by atoms with Crippen molar-refractivity contribution in [2.75, 3.05) is 19.6 Å². The number of halogens is 1. The number of ether oxygens (including phenoxy) is 1. The number of quaternary nitrogens is 1. The van der Waals surface area contributed by atoms with Gasteiger partial charge in [-0.2, -0.15) is 4.98 Å². The first-order valence-electron chi connectivity index (χ1n) is 7.57. The van der Waals surface area contributed by atoms with Gasteiger partial charge in [0, 0.05) is 23.5 Å². The molecule has 1 unspecified atom stereocenters. The van der Waals surface area contributed by atoms with Crippen molar-refractivity contribution in [1.82, 2.24) is 9.55 Å². The summed E-state index contributed by atoms with van der Waals surface area (Å²) in [5.41, 5.74) is 2.02. The summed E-state index contributed by atoms with van der Waals surface area (Å²) >= 11 is 3.55. The van der Waals surface area contributed by atoms with Gasteiger partial charge in [0.1, 0.15) is 0 Å². The van der Waals surface area contributed by atoms with E-state index in [9.17, 15) is 0 Å². The summed E-state index contributed by atoms with van der Waals surface area (Å²) in [7, 11) is 6.51. The van der Waals surface area contributed by atoms with Crippen molar-refractivity contribution in [2.45, 2.75) is 25.0 Å². The van der Waals surface area contributed by atoms with Crippen molar-refractivity contribution in [2.24, 2.45) is 5.92 Å². The summed E-state index contributed by atoms with van der Waals surface area (Å²) in [5.74, 6) is 0.616. The zero-order valence-corrected chi connectivity index (χ0v) is 13.3. The summed E-state index contributed by atoms with van der Waals surface area (Å²) in [6.45, 7) is 3.97. The third-order valence-electron chi connectivity index (χ3n) is 5.57. The molecule has 2 aromatic rings. The molecule has 0 amide bonds. The van der Waals surface area contributed by atoms with E-state index in [0.717, 1.165) is 47.7 Å². The highest BCUT2D eigenvalue weighted by Gasteiger charge is 2.55. The first-order chi connectivity index (χ1) is 10.1. The van der Waals surface area contributed by atoms with Crippen molar-refractivity contribution in [1.29, 1.82) is 0 Å². The number of piperidine rings is 3. The van der Waals surface area contributed by atoms with Crippen molar-refractivity contribution in [3.8, 4) is 6.01 Å². The molecule has 0 N–H and O–H groups in total. The monoisotopic (exact) mass is 344 g/mol. The molecule has 2 bridgehead atoms. The van der Waals surface area contributed by atoms with Gasteiger partial charge in [0.25, 0.3) is 6.01 Å². The second-order valence-corrected chi connectivity index (χ2v) is 7.79. The highest BCUT2D eigenvalue weighted by Crippen LogP contribution is 2.47. The number of imidazole rings is 1. The van der Waals surface area contributed by atoms with E-state index < -0.39 is 0 Å². The van der Waals surface area contributed by atoms with Crippen molar-refractivity contribution in [3.05, 3.63) is 22.7 Å². The Morgan fingerprint density at radius 1 is 1.38 bits per heavy atom. The van der Waals surface area contributed by atoms with Crippen molar-refractivity contribution in [3.63, 3.8) is 0 Å². The normalized spacial score (nSPS) is 37.1. The molecular weight excluding hydrogens is 329 g/mol. The molecule has 107 valence electrons. The molecule has 21 heavy (non-hydrogen) atoms. The lowest BCUT2D eigenvalue weighted by atomic mass is 9.71. The predicted octanol–water partition coefficient (Wildman–Crippen LogP) is 2.25. The van der Waals surface area contributed by atoms with Gasteiger partial charge < -0.3 is 9.13 Å². The van der Waals surface area contributed by atoms with Crippen LogP contribution in [0.25, 0.3) is 11.0 Å². The van der Waals surface area contributed by atoms with Gasteiger partial charge in [0.2, 0.25) is 0 Å². The van der Waals surface area contributed by atoms with Gasteiger partial charge >= 0.3 is 0 Å². The molecule has 3 fully saturated rings. The SMILES string of the molecule is [B-][N+]12CCC(CC1)C1(Cn3c(nc4ccc(Br)cc43)O1)C2. The van der Waals surface area contributed by atoms with E-state index in [0.29, 0.717) is 10.3 Å². The van der Waals surface area contributed by atoms with Gasteiger partial charge in [0.15, 0.2) is 5.60 Å². The lowest BCUT2D eigenvalue weighted by Crippen LogP contribution is -2.69. The Morgan fingerprint density at radius 2 is 2.19 bits per heavy atom. The number of benzene rings is 1. The third kappa shape index (κ3) is 1.63. The van der Waals surface area contributed by atoms with Crippen molar-refractivity contribution >= 4 is 34.9 Å². The van der Waals surface area contributed by atoms with E-state index in [1.54, 1.807) is 0 Å². The maximum absolute atomic E-state index is 6.51. The molecule has 4 nitrogen and oxygen atoms in total. The van der Waals surface area contributed by atoms with E-state index >= 15 is 0 Å². The number of aromatic nitrogens is 2. The van der Waals surface area contributed by atoms with Crippen LogP contribution in [0.3, 0.4) is 0 Å². The van der Waals surface area contributed by atoms with Crippen molar-refractivity contribution < 1.29 is 9.13 Å². The molecule has 1 aromatic heterocycles. The second-order valence-electron chi connectivity index (χ2n) is 6.88. The molecular formula is C15H16BBrN3O. The maximum Gasteiger partial charge on any atom is 0.298 e. The Hall–Kier alpha value is -1.01. The Kier molecular flexibility index (Phi) is 2.29. The highest BCUT2D eigenvalue weighted by molar-refractivity contribution is 9.10. The van der Waals surface area contributed by atoms with Crippen LogP contribution in [0, 0.1) is 5.92 Å². The highest BCUT2D eigenvalue weighted by atomic mass is 79.9. The van der Waals surface area contributed by atoms with Gasteiger partial charge in [-0.05, 0) is 31.0 Å². The summed E-state index contributed by atoms with van der Waals surface area (Å²) in [6, 6.07) is 6.95. The van der Waals surface area contributed by atoms with E-state index in [4.69, 9.17) is 12.7 Å². The van der Waals surface area contributed by atoms with Gasteiger partial charge in [-0.25, -0.2) is 7.98 Å². The van der Waals surface area contributed by atoms with Crippen LogP contribution in [0.2, 0.25) is 0 Å². The van der Waals surface area contributed by atoms with E-state index in [-0.39, 0.29) is 5.60 Å². The maximum atomic E-state index is 6.51. The molecule has 6 rings (SSSR count). The van der Waals surface area contributed by atoms with Gasteiger partial charge in [-0.1, -0.05) is 15.9 Å². The fraction of sp³-hybridized carbons (Fsp3) is 0.533. The van der Waals surface area contributed by atoms with Crippen LogP contribution in [-0.4, -0.2) is 47.2 Å². The molecule has 4 aliphatic heterocycles. The van der Waals surface area contributed by atoms with Gasteiger partial charge in [-0.15, -0.1) is 0 Å². The average molecular weight is 345 g/mol. The predicted molar refractivity (Wildman–Crippen MR) is 84.1 cm³/mol. The molecule has 1 aromatic carbocycles. The number of rotatable bonds is 0. The summed E-state index contributed by atoms with van der Waals surface area (Å²) in [5, 5.41) is 0. The standard InChI is InChI=1S/C15H16BBrN3O/c16-20-5-3-10(4-6-20)15(9-20)8-19-13-7-11(17)1-2-12(13)18-14(19)21-15/h1-2,7,10H,3-6,8-9H2. The van der Waals surface area contributed by atoms with Crippen LogP contribution in [0.5, 0.6) is 6.01 Å². The largest absolute Gasteiger partial charge is 0.585 e. The summed E-state index contributed by atoms with van der Waals surface area (Å²) in [6.07, 6.45) is 2.34. The fourth-order valence-electron chi connectivity index (χ4n) is 4.51. The number of fused-ring (bicyclic) bond motifs is 5. The van der Waals surface area contributed by atoms with E-state index in [2.05, 4.69) is 31.5 Å². The van der Waals surface area contributed by atoms with Crippen LogP contribution >= 0.6 is 15.9 Å². The minimum atomic E-state index is -0.135. The molecule has 0 aliphatic carbocycles. The third-order valence-corrected chi connectivity index (χ3v) is 6.06. The minimum Gasteiger partial charge on any atom is -0.585 e. The molecule has 0 saturated carbocycles. The Morgan fingerprint density at radius 3 is 2.95 bits per heavy atom. The summed E-state index contributed by atoms with van der Waals surface area (Å²) in [4.78, 5) is 4.66. The molecule has 5 heterocycles.